The predicted octanol–water partition coefficient (Wildman–Crippen LogP) is 2.13. The third-order valence-corrected chi connectivity index (χ3v) is 4.50. The summed E-state index contributed by atoms with van der Waals surface area (Å²) in [6.07, 6.45) is 1.80. The Kier molecular flexibility index (Phi) is 5.39. The first-order valence-electron chi connectivity index (χ1n) is 7.04. The highest BCUT2D eigenvalue weighted by Gasteiger charge is 2.23. The van der Waals surface area contributed by atoms with E-state index in [4.69, 9.17) is 4.74 Å². The molecule has 5 nitrogen and oxygen atoms in total. The monoisotopic (exact) mass is 308 g/mol. The average Bonchev–Trinajstić information content (AvgIpc) is 3.05. The van der Waals surface area contributed by atoms with Gasteiger partial charge in [-0.05, 0) is 40.2 Å². The molecule has 0 aliphatic rings. The second-order valence-electron chi connectivity index (χ2n) is 5.29. The SMILES string of the molecule is CNC(c1ccc(C)s1)c1c(OC)cnn1CCN(C)C. The number of nitrogens with zero attached hydrogens (tertiary/aromatic N) is 3. The lowest BCUT2D eigenvalue weighted by Crippen LogP contribution is -2.25. The molecule has 116 valence electrons. The fourth-order valence-corrected chi connectivity index (χ4v) is 3.31. The van der Waals surface area contributed by atoms with E-state index in [1.165, 1.54) is 9.75 Å². The summed E-state index contributed by atoms with van der Waals surface area (Å²) in [4.78, 5) is 4.74. The first-order valence-corrected chi connectivity index (χ1v) is 7.86. The Morgan fingerprint density at radius 2 is 2.19 bits per heavy atom. The largest absolute Gasteiger partial charge is 0.493 e. The average molecular weight is 308 g/mol. The lowest BCUT2D eigenvalue weighted by atomic mass is 10.1. The highest BCUT2D eigenvalue weighted by atomic mass is 32.1. The van der Waals surface area contributed by atoms with E-state index < -0.39 is 0 Å². The second kappa shape index (κ2) is 7.06. The van der Waals surface area contributed by atoms with Crippen LogP contribution in [0.15, 0.2) is 18.3 Å². The van der Waals surface area contributed by atoms with Crippen LogP contribution >= 0.6 is 11.3 Å². The molecule has 0 saturated carbocycles. The third kappa shape index (κ3) is 3.64. The van der Waals surface area contributed by atoms with Crippen molar-refractivity contribution in [2.75, 3.05) is 34.8 Å². The van der Waals surface area contributed by atoms with Crippen molar-refractivity contribution in [3.63, 3.8) is 0 Å². The van der Waals surface area contributed by atoms with Crippen LogP contribution in [0.1, 0.15) is 21.5 Å². The van der Waals surface area contributed by atoms with Gasteiger partial charge in [-0.3, -0.25) is 4.68 Å². The molecule has 2 aromatic rings. The van der Waals surface area contributed by atoms with Crippen molar-refractivity contribution in [1.29, 1.82) is 0 Å². The van der Waals surface area contributed by atoms with E-state index in [2.05, 4.69) is 48.5 Å². The summed E-state index contributed by atoms with van der Waals surface area (Å²) >= 11 is 1.80. The molecule has 2 heterocycles. The zero-order chi connectivity index (χ0) is 15.4. The summed E-state index contributed by atoms with van der Waals surface area (Å²) in [6, 6.07) is 4.42. The van der Waals surface area contributed by atoms with Crippen LogP contribution in [-0.4, -0.2) is 49.5 Å². The van der Waals surface area contributed by atoms with Crippen molar-refractivity contribution in [2.45, 2.75) is 19.5 Å². The fourth-order valence-electron chi connectivity index (χ4n) is 2.32. The van der Waals surface area contributed by atoms with Gasteiger partial charge in [-0.1, -0.05) is 0 Å². The van der Waals surface area contributed by atoms with E-state index in [9.17, 15) is 0 Å². The predicted molar refractivity (Wildman–Crippen MR) is 87.3 cm³/mol. The summed E-state index contributed by atoms with van der Waals surface area (Å²) < 4.78 is 7.55. The van der Waals surface area contributed by atoms with Crippen LogP contribution in [0.2, 0.25) is 0 Å². The molecule has 0 fully saturated rings. The molecular formula is C15H24N4OS. The van der Waals surface area contributed by atoms with Gasteiger partial charge in [-0.25, -0.2) is 0 Å². The molecule has 2 aromatic heterocycles. The van der Waals surface area contributed by atoms with E-state index in [0.29, 0.717) is 0 Å². The van der Waals surface area contributed by atoms with Crippen molar-refractivity contribution in [1.82, 2.24) is 20.0 Å². The number of aromatic nitrogens is 2. The molecule has 0 spiro atoms. The van der Waals surface area contributed by atoms with Gasteiger partial charge in [0.05, 0.1) is 25.9 Å². The lowest BCUT2D eigenvalue weighted by Gasteiger charge is -2.19. The van der Waals surface area contributed by atoms with Crippen LogP contribution in [0.25, 0.3) is 0 Å². The summed E-state index contributed by atoms with van der Waals surface area (Å²) in [5.74, 6) is 0.833. The van der Waals surface area contributed by atoms with Crippen LogP contribution in [0.5, 0.6) is 5.75 Å². The molecule has 0 amide bonds. The Labute approximate surface area is 130 Å². The molecular weight excluding hydrogens is 284 g/mol. The molecule has 0 aromatic carbocycles. The molecule has 6 heteroatoms. The number of rotatable bonds is 7. The van der Waals surface area contributed by atoms with E-state index in [1.54, 1.807) is 24.6 Å². The quantitative estimate of drug-likeness (QED) is 0.851. The standard InChI is InChI=1S/C15H24N4OS/c1-11-6-7-13(21-11)14(16-2)15-12(20-5)10-17-19(15)9-8-18(3)4/h6-7,10,14,16H,8-9H2,1-5H3. The zero-order valence-corrected chi connectivity index (χ0v) is 14.2. The van der Waals surface area contributed by atoms with Gasteiger partial charge in [0.1, 0.15) is 5.69 Å². The number of aryl methyl sites for hydroxylation is 1. The summed E-state index contributed by atoms with van der Waals surface area (Å²) in [6.45, 7) is 3.91. The van der Waals surface area contributed by atoms with Crippen molar-refractivity contribution in [3.8, 4) is 5.75 Å². The Hall–Kier alpha value is -1.37. The van der Waals surface area contributed by atoms with Gasteiger partial charge in [0, 0.05) is 16.3 Å². The number of ether oxygens (including phenoxy) is 1. The van der Waals surface area contributed by atoms with Crippen LogP contribution in [-0.2, 0) is 6.54 Å². The molecule has 0 aliphatic heterocycles. The normalized spacial score (nSPS) is 12.9. The van der Waals surface area contributed by atoms with E-state index in [-0.39, 0.29) is 6.04 Å². The minimum absolute atomic E-state index is 0.100. The van der Waals surface area contributed by atoms with Crippen LogP contribution < -0.4 is 10.1 Å². The van der Waals surface area contributed by atoms with Crippen LogP contribution in [0, 0.1) is 6.92 Å². The van der Waals surface area contributed by atoms with Crippen molar-refractivity contribution in [3.05, 3.63) is 33.8 Å². The van der Waals surface area contributed by atoms with Crippen molar-refractivity contribution < 1.29 is 4.74 Å². The highest BCUT2D eigenvalue weighted by Crippen LogP contribution is 2.33. The third-order valence-electron chi connectivity index (χ3n) is 3.43. The maximum atomic E-state index is 5.51. The number of likely N-dealkylation sites (N-methyl/N-ethyl adjacent to an activating group) is 1. The van der Waals surface area contributed by atoms with Gasteiger partial charge in [0.15, 0.2) is 5.75 Å². The van der Waals surface area contributed by atoms with Gasteiger partial charge in [0.25, 0.3) is 0 Å². The summed E-state index contributed by atoms with van der Waals surface area (Å²) in [5, 5.41) is 7.88. The zero-order valence-electron chi connectivity index (χ0n) is 13.4. The Bertz CT molecular complexity index is 576. The summed E-state index contributed by atoms with van der Waals surface area (Å²) in [5.41, 5.74) is 1.09. The molecule has 0 aliphatic carbocycles. The minimum atomic E-state index is 0.100. The maximum absolute atomic E-state index is 5.51. The molecule has 0 saturated heterocycles. The smallest absolute Gasteiger partial charge is 0.161 e. The van der Waals surface area contributed by atoms with Crippen molar-refractivity contribution in [2.24, 2.45) is 0 Å². The molecule has 1 unspecified atom stereocenters. The summed E-state index contributed by atoms with van der Waals surface area (Å²) in [7, 11) is 7.81. The van der Waals surface area contributed by atoms with Gasteiger partial charge >= 0.3 is 0 Å². The maximum Gasteiger partial charge on any atom is 0.161 e. The fraction of sp³-hybridized carbons (Fsp3) is 0.533. The van der Waals surface area contributed by atoms with Crippen molar-refractivity contribution >= 4 is 11.3 Å². The first kappa shape index (κ1) is 16.0. The minimum Gasteiger partial charge on any atom is -0.493 e. The number of methoxy groups -OCH3 is 1. The number of nitrogens with one attached hydrogen (secondary N) is 1. The van der Waals surface area contributed by atoms with Gasteiger partial charge in [0.2, 0.25) is 0 Å². The Morgan fingerprint density at radius 1 is 1.43 bits per heavy atom. The molecule has 21 heavy (non-hydrogen) atoms. The molecule has 2 rings (SSSR count). The van der Waals surface area contributed by atoms with Crippen LogP contribution in [0.4, 0.5) is 0 Å². The molecule has 1 N–H and O–H groups in total. The topological polar surface area (TPSA) is 42.3 Å². The molecule has 1 atom stereocenters. The van der Waals surface area contributed by atoms with Gasteiger partial charge in [-0.15, -0.1) is 11.3 Å². The Balaban J connectivity index is 2.36. The number of hydrogen-bond donors (Lipinski definition) is 1. The molecule has 0 radical (unpaired) electrons. The van der Waals surface area contributed by atoms with Gasteiger partial charge in [-0.2, -0.15) is 5.10 Å². The molecule has 0 bridgehead atoms. The van der Waals surface area contributed by atoms with E-state index in [1.807, 2.05) is 11.7 Å². The number of hydrogen-bond acceptors (Lipinski definition) is 5. The van der Waals surface area contributed by atoms with E-state index in [0.717, 1.165) is 24.5 Å². The number of thiophene rings is 1. The van der Waals surface area contributed by atoms with Crippen LogP contribution in [0.3, 0.4) is 0 Å². The highest BCUT2D eigenvalue weighted by molar-refractivity contribution is 7.12. The van der Waals surface area contributed by atoms with E-state index >= 15 is 0 Å². The second-order valence-corrected chi connectivity index (χ2v) is 6.61. The lowest BCUT2D eigenvalue weighted by molar-refractivity contribution is 0.361. The Morgan fingerprint density at radius 3 is 2.71 bits per heavy atom. The van der Waals surface area contributed by atoms with Gasteiger partial charge < -0.3 is 15.0 Å². The first-order chi connectivity index (χ1) is 10.1.